The molecule has 0 aromatic heterocycles. The molecule has 6 heteroatoms. The molecule has 116 valence electrons. The van der Waals surface area contributed by atoms with Crippen molar-refractivity contribution in [2.24, 2.45) is 0 Å². The molecule has 0 radical (unpaired) electrons. The maximum absolute atomic E-state index is 14.2. The minimum absolute atomic E-state index is 0.0776. The number of hydrogen-bond acceptors (Lipinski definition) is 2. The SMILES string of the molecule is CCCN(C(C)=O)C(C)(C(=O)O)c1cc(F)c(C)cc1F. The molecule has 0 aliphatic carbocycles. The van der Waals surface area contributed by atoms with E-state index >= 15 is 0 Å². The zero-order valence-electron chi connectivity index (χ0n) is 12.5. The first-order valence-corrected chi connectivity index (χ1v) is 6.64. The Morgan fingerprint density at radius 2 is 1.86 bits per heavy atom. The van der Waals surface area contributed by atoms with Gasteiger partial charge in [0.1, 0.15) is 11.6 Å². The highest BCUT2D eigenvalue weighted by Crippen LogP contribution is 2.32. The Morgan fingerprint density at radius 1 is 1.29 bits per heavy atom. The summed E-state index contributed by atoms with van der Waals surface area (Å²) in [6.07, 6.45) is 0.498. The zero-order valence-corrected chi connectivity index (χ0v) is 12.5. The Morgan fingerprint density at radius 3 is 2.29 bits per heavy atom. The molecule has 1 aromatic carbocycles. The third-order valence-electron chi connectivity index (χ3n) is 3.56. The van der Waals surface area contributed by atoms with E-state index in [9.17, 15) is 23.5 Å². The van der Waals surface area contributed by atoms with Crippen molar-refractivity contribution in [2.45, 2.75) is 39.7 Å². The topological polar surface area (TPSA) is 57.6 Å². The number of halogens is 2. The molecule has 1 aromatic rings. The number of carboxylic acids is 1. The Labute approximate surface area is 122 Å². The van der Waals surface area contributed by atoms with Gasteiger partial charge >= 0.3 is 5.97 Å². The highest BCUT2D eigenvalue weighted by Gasteiger charge is 2.44. The fourth-order valence-electron chi connectivity index (χ4n) is 2.31. The maximum atomic E-state index is 14.2. The number of nitrogens with zero attached hydrogens (tertiary/aromatic N) is 1. The molecular formula is C15H19F2NO3. The van der Waals surface area contributed by atoms with Crippen LogP contribution in [0.1, 0.15) is 38.3 Å². The summed E-state index contributed by atoms with van der Waals surface area (Å²) in [6.45, 7) is 5.70. The number of aryl methyl sites for hydroxylation is 1. The highest BCUT2D eigenvalue weighted by atomic mass is 19.1. The number of carbonyl (C=O) groups excluding carboxylic acids is 1. The summed E-state index contributed by atoms with van der Waals surface area (Å²) < 4.78 is 27.9. The normalized spacial score (nSPS) is 13.6. The molecule has 0 saturated carbocycles. The summed E-state index contributed by atoms with van der Waals surface area (Å²) in [5, 5.41) is 9.53. The lowest BCUT2D eigenvalue weighted by Crippen LogP contribution is -2.52. The van der Waals surface area contributed by atoms with Crippen LogP contribution in [0.15, 0.2) is 12.1 Å². The smallest absolute Gasteiger partial charge is 0.334 e. The van der Waals surface area contributed by atoms with Crippen molar-refractivity contribution in [2.75, 3.05) is 6.54 Å². The van der Waals surface area contributed by atoms with E-state index in [4.69, 9.17) is 0 Å². The number of aliphatic carboxylic acids is 1. The summed E-state index contributed by atoms with van der Waals surface area (Å²) in [4.78, 5) is 24.5. The lowest BCUT2D eigenvalue weighted by atomic mass is 9.88. The van der Waals surface area contributed by atoms with Crippen molar-refractivity contribution >= 4 is 11.9 Å². The van der Waals surface area contributed by atoms with Crippen LogP contribution in [0.2, 0.25) is 0 Å². The van der Waals surface area contributed by atoms with Crippen molar-refractivity contribution in [1.82, 2.24) is 4.90 Å². The van der Waals surface area contributed by atoms with Gasteiger partial charge in [0.25, 0.3) is 0 Å². The van der Waals surface area contributed by atoms with Crippen LogP contribution in [0, 0.1) is 18.6 Å². The molecule has 0 heterocycles. The van der Waals surface area contributed by atoms with Crippen molar-refractivity contribution in [3.05, 3.63) is 34.9 Å². The summed E-state index contributed by atoms with van der Waals surface area (Å²) in [5.41, 5.74) is -2.24. The minimum Gasteiger partial charge on any atom is -0.479 e. The number of benzene rings is 1. The third-order valence-corrected chi connectivity index (χ3v) is 3.56. The molecular weight excluding hydrogens is 280 g/mol. The quantitative estimate of drug-likeness (QED) is 0.909. The first-order chi connectivity index (χ1) is 9.66. The van der Waals surface area contributed by atoms with E-state index in [-0.39, 0.29) is 17.7 Å². The van der Waals surface area contributed by atoms with E-state index in [1.165, 1.54) is 20.8 Å². The standard InChI is InChI=1S/C15H19F2NO3/c1-5-6-18(10(3)19)15(4,14(20)21)11-8-12(16)9(2)7-13(11)17/h7-8H,5-6H2,1-4H3,(H,20,21). The van der Waals surface area contributed by atoms with Gasteiger partial charge in [-0.1, -0.05) is 6.92 Å². The van der Waals surface area contributed by atoms with Crippen molar-refractivity contribution in [3.63, 3.8) is 0 Å². The van der Waals surface area contributed by atoms with E-state index in [0.717, 1.165) is 17.0 Å². The monoisotopic (exact) mass is 299 g/mol. The van der Waals surface area contributed by atoms with Gasteiger partial charge in [0, 0.05) is 19.0 Å². The van der Waals surface area contributed by atoms with Crippen molar-refractivity contribution < 1.29 is 23.5 Å². The highest BCUT2D eigenvalue weighted by molar-refractivity contribution is 5.87. The number of rotatable bonds is 5. The third kappa shape index (κ3) is 3.04. The molecule has 0 spiro atoms. The Balaban J connectivity index is 3.57. The van der Waals surface area contributed by atoms with Crippen LogP contribution >= 0.6 is 0 Å². The van der Waals surface area contributed by atoms with Crippen LogP contribution in [0.4, 0.5) is 8.78 Å². The molecule has 0 aliphatic rings. The summed E-state index contributed by atoms with van der Waals surface area (Å²) in [5.74, 6) is -3.48. The van der Waals surface area contributed by atoms with E-state index in [1.54, 1.807) is 6.92 Å². The van der Waals surface area contributed by atoms with Crippen LogP contribution < -0.4 is 0 Å². The molecule has 1 unspecified atom stereocenters. The molecule has 4 nitrogen and oxygen atoms in total. The number of hydrogen-bond donors (Lipinski definition) is 1. The van der Waals surface area contributed by atoms with Gasteiger partial charge in [-0.2, -0.15) is 0 Å². The first-order valence-electron chi connectivity index (χ1n) is 6.64. The molecule has 1 rings (SSSR count). The second kappa shape index (κ2) is 6.20. The average Bonchev–Trinajstić information content (AvgIpc) is 2.38. The van der Waals surface area contributed by atoms with Gasteiger partial charge in [-0.15, -0.1) is 0 Å². The van der Waals surface area contributed by atoms with Crippen LogP contribution in [0.25, 0.3) is 0 Å². The van der Waals surface area contributed by atoms with Gasteiger partial charge in [0.15, 0.2) is 5.54 Å². The summed E-state index contributed by atoms with van der Waals surface area (Å²) >= 11 is 0. The van der Waals surface area contributed by atoms with E-state index < -0.39 is 29.0 Å². The van der Waals surface area contributed by atoms with Gasteiger partial charge in [0.2, 0.25) is 5.91 Å². The van der Waals surface area contributed by atoms with Gasteiger partial charge in [-0.05, 0) is 38.0 Å². The predicted octanol–water partition coefficient (Wildman–Crippen LogP) is 2.83. The average molecular weight is 299 g/mol. The van der Waals surface area contributed by atoms with Crippen LogP contribution in [0.5, 0.6) is 0 Å². The predicted molar refractivity (Wildman–Crippen MR) is 73.8 cm³/mol. The number of amides is 1. The zero-order chi connectivity index (χ0) is 16.4. The largest absolute Gasteiger partial charge is 0.479 e. The minimum atomic E-state index is -1.96. The van der Waals surface area contributed by atoms with Gasteiger partial charge in [-0.25, -0.2) is 13.6 Å². The lowest BCUT2D eigenvalue weighted by molar-refractivity contribution is -0.158. The summed E-state index contributed by atoms with van der Waals surface area (Å²) in [6, 6.07) is 1.79. The molecule has 1 N–H and O–H groups in total. The van der Waals surface area contributed by atoms with Crippen molar-refractivity contribution in [3.8, 4) is 0 Å². The molecule has 0 fully saturated rings. The lowest BCUT2D eigenvalue weighted by Gasteiger charge is -2.38. The first kappa shape index (κ1) is 17.1. The summed E-state index contributed by atoms with van der Waals surface area (Å²) in [7, 11) is 0. The molecule has 0 aliphatic heterocycles. The molecule has 1 atom stereocenters. The second-order valence-electron chi connectivity index (χ2n) is 5.13. The molecule has 0 saturated heterocycles. The fourth-order valence-corrected chi connectivity index (χ4v) is 2.31. The van der Waals surface area contributed by atoms with Crippen LogP contribution in [0.3, 0.4) is 0 Å². The molecule has 1 amide bonds. The van der Waals surface area contributed by atoms with E-state index in [0.29, 0.717) is 6.42 Å². The fraction of sp³-hybridized carbons (Fsp3) is 0.467. The van der Waals surface area contributed by atoms with Gasteiger partial charge < -0.3 is 10.0 Å². The van der Waals surface area contributed by atoms with Gasteiger partial charge in [-0.3, -0.25) is 4.79 Å². The van der Waals surface area contributed by atoms with Gasteiger partial charge in [0.05, 0.1) is 0 Å². The molecule has 0 bridgehead atoms. The van der Waals surface area contributed by atoms with E-state index in [2.05, 4.69) is 0 Å². The Hall–Kier alpha value is -1.98. The van der Waals surface area contributed by atoms with E-state index in [1.807, 2.05) is 0 Å². The van der Waals surface area contributed by atoms with Crippen molar-refractivity contribution in [1.29, 1.82) is 0 Å². The molecule has 21 heavy (non-hydrogen) atoms. The Kier molecular flexibility index (Phi) is 5.04. The van der Waals surface area contributed by atoms with Crippen LogP contribution in [-0.2, 0) is 15.1 Å². The Bertz CT molecular complexity index is 574. The van der Waals surface area contributed by atoms with Crippen LogP contribution in [-0.4, -0.2) is 28.4 Å². The maximum Gasteiger partial charge on any atom is 0.334 e. The number of carboxylic acid groups (broad SMARTS) is 1. The number of carbonyl (C=O) groups is 2. The second-order valence-corrected chi connectivity index (χ2v) is 5.13.